The number of amides is 1. The highest BCUT2D eigenvalue weighted by atomic mass is 16.5. The molecule has 0 spiro atoms. The van der Waals surface area contributed by atoms with E-state index in [4.69, 9.17) is 9.15 Å². The van der Waals surface area contributed by atoms with Crippen LogP contribution in [-0.2, 0) is 16.0 Å². The normalized spacial score (nSPS) is 17.9. The molecule has 0 aromatic carbocycles. The molecule has 0 aliphatic carbocycles. The Bertz CT molecular complexity index is 767. The quantitative estimate of drug-likeness (QED) is 0.917. The van der Waals surface area contributed by atoms with E-state index in [9.17, 15) is 9.59 Å². The molecule has 1 fully saturated rings. The van der Waals surface area contributed by atoms with E-state index in [2.05, 4.69) is 9.97 Å². The molecule has 2 aromatic heterocycles. The first kappa shape index (κ1) is 16.4. The molecule has 1 aliphatic heterocycles. The summed E-state index contributed by atoms with van der Waals surface area (Å²) < 4.78 is 11.0. The molecule has 7 heteroatoms. The Labute approximate surface area is 139 Å². The molecular weight excluding hydrogens is 310 g/mol. The number of rotatable bonds is 4. The lowest BCUT2D eigenvalue weighted by molar-refractivity contribution is -0.139. The van der Waals surface area contributed by atoms with Crippen molar-refractivity contribution in [1.29, 1.82) is 0 Å². The minimum Gasteiger partial charge on any atom is -0.467 e. The summed E-state index contributed by atoms with van der Waals surface area (Å²) >= 11 is 0. The highest BCUT2D eigenvalue weighted by Gasteiger charge is 2.27. The topological polar surface area (TPSA) is 88.4 Å². The maximum atomic E-state index is 12.5. The van der Waals surface area contributed by atoms with E-state index in [1.165, 1.54) is 0 Å². The minimum atomic E-state index is -0.233. The first-order valence-corrected chi connectivity index (χ1v) is 8.04. The number of nitrogens with zero attached hydrogens (tertiary/aromatic N) is 2. The molecule has 0 unspecified atom stereocenters. The van der Waals surface area contributed by atoms with Crippen molar-refractivity contribution in [2.75, 3.05) is 19.7 Å². The second-order valence-electron chi connectivity index (χ2n) is 5.93. The van der Waals surface area contributed by atoms with Crippen LogP contribution in [0.5, 0.6) is 0 Å². The highest BCUT2D eigenvalue weighted by molar-refractivity contribution is 5.76. The van der Waals surface area contributed by atoms with Crippen LogP contribution in [0.15, 0.2) is 27.6 Å². The SMILES string of the molecule is Cc1nc(C)c(CCC(=O)N2CCO[C@@H](c3ccco3)C2)c(=O)[nH]1. The van der Waals surface area contributed by atoms with Crippen molar-refractivity contribution in [2.45, 2.75) is 32.8 Å². The number of H-pyrrole nitrogens is 1. The summed E-state index contributed by atoms with van der Waals surface area (Å²) in [5.41, 5.74) is 1.09. The first-order chi connectivity index (χ1) is 11.5. The van der Waals surface area contributed by atoms with Gasteiger partial charge in [-0.1, -0.05) is 0 Å². The lowest BCUT2D eigenvalue weighted by atomic mass is 10.1. The van der Waals surface area contributed by atoms with Crippen molar-refractivity contribution in [3.63, 3.8) is 0 Å². The molecule has 24 heavy (non-hydrogen) atoms. The molecule has 0 radical (unpaired) electrons. The maximum Gasteiger partial charge on any atom is 0.254 e. The van der Waals surface area contributed by atoms with Gasteiger partial charge in [-0.3, -0.25) is 9.59 Å². The second-order valence-corrected chi connectivity index (χ2v) is 5.93. The van der Waals surface area contributed by atoms with Crippen LogP contribution < -0.4 is 5.56 Å². The molecule has 1 aliphatic rings. The van der Waals surface area contributed by atoms with E-state index < -0.39 is 0 Å². The third-order valence-corrected chi connectivity index (χ3v) is 4.21. The number of aromatic nitrogens is 2. The van der Waals surface area contributed by atoms with Gasteiger partial charge in [0.15, 0.2) is 0 Å². The maximum absolute atomic E-state index is 12.5. The fraction of sp³-hybridized carbons (Fsp3) is 0.471. The van der Waals surface area contributed by atoms with Crippen LogP contribution in [0.3, 0.4) is 0 Å². The van der Waals surface area contributed by atoms with Crippen LogP contribution in [0.4, 0.5) is 0 Å². The molecule has 128 valence electrons. The van der Waals surface area contributed by atoms with Crippen molar-refractivity contribution < 1.29 is 13.9 Å². The van der Waals surface area contributed by atoms with Gasteiger partial charge in [-0.05, 0) is 32.4 Å². The van der Waals surface area contributed by atoms with E-state index in [0.717, 1.165) is 5.76 Å². The van der Waals surface area contributed by atoms with Crippen molar-refractivity contribution in [3.05, 3.63) is 51.6 Å². The minimum absolute atomic E-state index is 0.00855. The number of aromatic amines is 1. The van der Waals surface area contributed by atoms with E-state index in [1.54, 1.807) is 31.1 Å². The molecule has 1 amide bonds. The van der Waals surface area contributed by atoms with Crippen LogP contribution in [-0.4, -0.2) is 40.5 Å². The lowest BCUT2D eigenvalue weighted by Gasteiger charge is -2.32. The zero-order chi connectivity index (χ0) is 17.1. The number of nitrogens with one attached hydrogen (secondary N) is 1. The zero-order valence-electron chi connectivity index (χ0n) is 13.9. The average molecular weight is 331 g/mol. The van der Waals surface area contributed by atoms with Gasteiger partial charge >= 0.3 is 0 Å². The summed E-state index contributed by atoms with van der Waals surface area (Å²) in [6.45, 7) is 5.03. The summed E-state index contributed by atoms with van der Waals surface area (Å²) in [7, 11) is 0. The molecule has 1 N–H and O–H groups in total. The van der Waals surface area contributed by atoms with Gasteiger partial charge in [0.1, 0.15) is 17.7 Å². The Morgan fingerprint density at radius 2 is 2.29 bits per heavy atom. The smallest absolute Gasteiger partial charge is 0.254 e. The monoisotopic (exact) mass is 331 g/mol. The number of carbonyl (C=O) groups excluding carboxylic acids is 1. The Morgan fingerprint density at radius 1 is 1.46 bits per heavy atom. The van der Waals surface area contributed by atoms with E-state index in [0.29, 0.717) is 43.2 Å². The molecule has 1 saturated heterocycles. The summed E-state index contributed by atoms with van der Waals surface area (Å²) in [5.74, 6) is 1.32. The molecular formula is C17H21N3O4. The molecule has 3 rings (SSSR count). The van der Waals surface area contributed by atoms with E-state index in [1.807, 2.05) is 6.07 Å². The van der Waals surface area contributed by atoms with Gasteiger partial charge in [0.05, 0.1) is 19.4 Å². The van der Waals surface area contributed by atoms with E-state index >= 15 is 0 Å². The van der Waals surface area contributed by atoms with Gasteiger partial charge < -0.3 is 19.0 Å². The predicted molar refractivity (Wildman–Crippen MR) is 86.6 cm³/mol. The fourth-order valence-electron chi connectivity index (χ4n) is 2.96. The van der Waals surface area contributed by atoms with Crippen LogP contribution in [0.2, 0.25) is 0 Å². The molecule has 3 heterocycles. The summed E-state index contributed by atoms with van der Waals surface area (Å²) in [6.07, 6.45) is 2.03. The number of aryl methyl sites for hydroxylation is 2. The number of furan rings is 1. The molecule has 0 bridgehead atoms. The number of ether oxygens (including phenoxy) is 1. The molecule has 7 nitrogen and oxygen atoms in total. The van der Waals surface area contributed by atoms with Crippen molar-refractivity contribution in [3.8, 4) is 0 Å². The van der Waals surface area contributed by atoms with Crippen molar-refractivity contribution in [2.24, 2.45) is 0 Å². The van der Waals surface area contributed by atoms with Gasteiger partial charge in [0, 0.05) is 24.2 Å². The number of hydrogen-bond donors (Lipinski definition) is 1. The van der Waals surface area contributed by atoms with Crippen LogP contribution in [0, 0.1) is 13.8 Å². The van der Waals surface area contributed by atoms with Gasteiger partial charge in [0.25, 0.3) is 5.56 Å². The number of carbonyl (C=O) groups is 1. The summed E-state index contributed by atoms with van der Waals surface area (Å²) in [4.78, 5) is 33.2. The highest BCUT2D eigenvalue weighted by Crippen LogP contribution is 2.23. The van der Waals surface area contributed by atoms with E-state index in [-0.39, 0.29) is 24.0 Å². The predicted octanol–water partition coefficient (Wildman–Crippen LogP) is 1.51. The van der Waals surface area contributed by atoms with Gasteiger partial charge in [-0.25, -0.2) is 4.98 Å². The van der Waals surface area contributed by atoms with Gasteiger partial charge in [-0.2, -0.15) is 0 Å². The Morgan fingerprint density at radius 3 is 3.00 bits per heavy atom. The molecule has 0 saturated carbocycles. The Hall–Kier alpha value is -2.41. The summed E-state index contributed by atoms with van der Waals surface area (Å²) in [6, 6.07) is 3.65. The fourth-order valence-corrected chi connectivity index (χ4v) is 2.96. The Balaban J connectivity index is 1.62. The van der Waals surface area contributed by atoms with Gasteiger partial charge in [-0.15, -0.1) is 0 Å². The zero-order valence-corrected chi connectivity index (χ0v) is 13.9. The first-order valence-electron chi connectivity index (χ1n) is 8.04. The van der Waals surface area contributed by atoms with Crippen molar-refractivity contribution >= 4 is 5.91 Å². The molecule has 2 aromatic rings. The van der Waals surface area contributed by atoms with Gasteiger partial charge in [0.2, 0.25) is 5.91 Å². The number of hydrogen-bond acceptors (Lipinski definition) is 5. The average Bonchev–Trinajstić information content (AvgIpc) is 3.08. The third kappa shape index (κ3) is 3.56. The lowest BCUT2D eigenvalue weighted by Crippen LogP contribution is -2.42. The van der Waals surface area contributed by atoms with Crippen LogP contribution >= 0.6 is 0 Å². The Kier molecular flexibility index (Phi) is 4.80. The molecule has 1 atom stereocenters. The van der Waals surface area contributed by atoms with Crippen LogP contribution in [0.25, 0.3) is 0 Å². The van der Waals surface area contributed by atoms with Crippen LogP contribution in [0.1, 0.15) is 35.4 Å². The standard InChI is InChI=1S/C17H21N3O4/c1-11-13(17(22)19-12(2)18-11)5-6-16(21)20-7-9-24-15(10-20)14-4-3-8-23-14/h3-4,8,15H,5-7,9-10H2,1-2H3,(H,18,19,22)/t15-/m1/s1. The van der Waals surface area contributed by atoms with Crippen molar-refractivity contribution in [1.82, 2.24) is 14.9 Å². The largest absolute Gasteiger partial charge is 0.467 e. The number of morpholine rings is 1. The second kappa shape index (κ2) is 7.00. The third-order valence-electron chi connectivity index (χ3n) is 4.21. The summed E-state index contributed by atoms with van der Waals surface area (Å²) in [5, 5.41) is 0.